The number of nitro groups is 1. The molecule has 0 spiro atoms. The molecule has 2 aromatic carbocycles. The predicted molar refractivity (Wildman–Crippen MR) is 92.6 cm³/mol. The molecule has 7 heteroatoms. The number of methoxy groups -OCH3 is 3. The van der Waals surface area contributed by atoms with Gasteiger partial charge in [-0.1, -0.05) is 18.2 Å². The maximum Gasteiger partial charge on any atom is 0.270 e. The number of carbonyl (C=O) groups excluding carboxylic acids is 1. The van der Waals surface area contributed by atoms with Gasteiger partial charge in [-0.3, -0.25) is 14.9 Å². The fourth-order valence-electron chi connectivity index (χ4n) is 2.25. The van der Waals surface area contributed by atoms with Gasteiger partial charge in [-0.25, -0.2) is 0 Å². The molecule has 0 aliphatic carbocycles. The second-order valence-electron chi connectivity index (χ2n) is 4.96. The van der Waals surface area contributed by atoms with Gasteiger partial charge < -0.3 is 14.2 Å². The molecule has 0 radical (unpaired) electrons. The minimum atomic E-state index is -0.491. The standard InChI is InChI=1S/C18H17NO6/c1-23-14-10-16(24-2)18(17(11-14)25-3)15(20)8-7-12-5-4-6-13(9-12)19(21)22/h4-11H,1-3H3. The first-order valence-electron chi connectivity index (χ1n) is 7.27. The first-order chi connectivity index (χ1) is 12.0. The molecule has 0 aliphatic rings. The summed E-state index contributed by atoms with van der Waals surface area (Å²) in [6, 6.07) is 9.14. The van der Waals surface area contributed by atoms with Crippen LogP contribution in [-0.4, -0.2) is 32.0 Å². The van der Waals surface area contributed by atoms with Crippen molar-refractivity contribution in [3.05, 3.63) is 63.7 Å². The number of non-ortho nitro benzene ring substituents is 1. The van der Waals surface area contributed by atoms with E-state index in [0.717, 1.165) is 0 Å². The molecular formula is C18H17NO6. The quantitative estimate of drug-likeness (QED) is 0.331. The number of allylic oxidation sites excluding steroid dienone is 1. The lowest BCUT2D eigenvalue weighted by Crippen LogP contribution is -2.03. The van der Waals surface area contributed by atoms with Crippen LogP contribution in [0.3, 0.4) is 0 Å². The van der Waals surface area contributed by atoms with Crippen molar-refractivity contribution in [3.8, 4) is 17.2 Å². The minimum absolute atomic E-state index is 0.0470. The summed E-state index contributed by atoms with van der Waals surface area (Å²) >= 11 is 0. The normalized spacial score (nSPS) is 10.5. The van der Waals surface area contributed by atoms with Crippen LogP contribution in [0.4, 0.5) is 5.69 Å². The smallest absolute Gasteiger partial charge is 0.270 e. The van der Waals surface area contributed by atoms with E-state index in [9.17, 15) is 14.9 Å². The van der Waals surface area contributed by atoms with Crippen molar-refractivity contribution >= 4 is 17.5 Å². The zero-order valence-corrected chi connectivity index (χ0v) is 14.0. The van der Waals surface area contributed by atoms with Crippen LogP contribution in [0.15, 0.2) is 42.5 Å². The van der Waals surface area contributed by atoms with E-state index in [-0.39, 0.29) is 17.0 Å². The van der Waals surface area contributed by atoms with E-state index in [1.165, 1.54) is 45.6 Å². The van der Waals surface area contributed by atoms with Crippen molar-refractivity contribution in [3.63, 3.8) is 0 Å². The largest absolute Gasteiger partial charge is 0.496 e. The molecule has 0 heterocycles. The Kier molecular flexibility index (Phi) is 5.73. The van der Waals surface area contributed by atoms with Crippen LogP contribution in [0.1, 0.15) is 15.9 Å². The van der Waals surface area contributed by atoms with Crippen LogP contribution in [-0.2, 0) is 0 Å². The lowest BCUT2D eigenvalue weighted by molar-refractivity contribution is -0.384. The van der Waals surface area contributed by atoms with Crippen molar-refractivity contribution < 1.29 is 23.9 Å². The zero-order chi connectivity index (χ0) is 18.4. The van der Waals surface area contributed by atoms with Gasteiger partial charge in [0.25, 0.3) is 5.69 Å². The van der Waals surface area contributed by atoms with Gasteiger partial charge in [0.15, 0.2) is 5.78 Å². The monoisotopic (exact) mass is 343 g/mol. The molecular weight excluding hydrogens is 326 g/mol. The first-order valence-corrected chi connectivity index (χ1v) is 7.27. The molecule has 0 fully saturated rings. The Morgan fingerprint density at radius 2 is 1.68 bits per heavy atom. The summed E-state index contributed by atoms with van der Waals surface area (Å²) in [4.78, 5) is 22.9. The van der Waals surface area contributed by atoms with E-state index in [1.807, 2.05) is 0 Å². The van der Waals surface area contributed by atoms with Gasteiger partial charge in [0.1, 0.15) is 22.8 Å². The summed E-state index contributed by atoms with van der Waals surface area (Å²) in [5, 5.41) is 10.8. The number of nitro benzene ring substituents is 1. The van der Waals surface area contributed by atoms with Crippen LogP contribution in [0.5, 0.6) is 17.2 Å². The molecule has 25 heavy (non-hydrogen) atoms. The van der Waals surface area contributed by atoms with E-state index >= 15 is 0 Å². The van der Waals surface area contributed by atoms with Gasteiger partial charge in [-0.15, -0.1) is 0 Å². The van der Waals surface area contributed by atoms with Gasteiger partial charge in [-0.05, 0) is 11.6 Å². The molecule has 130 valence electrons. The highest BCUT2D eigenvalue weighted by Gasteiger charge is 2.18. The summed E-state index contributed by atoms with van der Waals surface area (Å²) < 4.78 is 15.6. The zero-order valence-electron chi connectivity index (χ0n) is 14.0. The highest BCUT2D eigenvalue weighted by molar-refractivity contribution is 6.10. The Morgan fingerprint density at radius 3 is 2.20 bits per heavy atom. The van der Waals surface area contributed by atoms with Gasteiger partial charge in [0, 0.05) is 24.3 Å². The van der Waals surface area contributed by atoms with Gasteiger partial charge >= 0.3 is 0 Å². The van der Waals surface area contributed by atoms with Crippen molar-refractivity contribution in [1.82, 2.24) is 0 Å². The molecule has 0 saturated carbocycles. The topological polar surface area (TPSA) is 87.9 Å². The summed E-state index contributed by atoms with van der Waals surface area (Å²) in [6.07, 6.45) is 2.81. The highest BCUT2D eigenvalue weighted by Crippen LogP contribution is 2.34. The molecule has 0 aliphatic heterocycles. The van der Waals surface area contributed by atoms with Crippen molar-refractivity contribution in [2.75, 3.05) is 21.3 Å². The summed E-state index contributed by atoms with van der Waals surface area (Å²) in [5.74, 6) is 0.755. The van der Waals surface area contributed by atoms with E-state index in [1.54, 1.807) is 24.3 Å². The third-order valence-corrected chi connectivity index (χ3v) is 3.47. The molecule has 2 aromatic rings. The fraction of sp³-hybridized carbons (Fsp3) is 0.167. The fourth-order valence-corrected chi connectivity index (χ4v) is 2.25. The summed E-state index contributed by atoms with van der Waals surface area (Å²) in [6.45, 7) is 0. The molecule has 0 atom stereocenters. The molecule has 0 saturated heterocycles. The van der Waals surface area contributed by atoms with Crippen LogP contribution in [0.2, 0.25) is 0 Å². The first kappa shape index (κ1) is 18.0. The van der Waals surface area contributed by atoms with E-state index < -0.39 is 4.92 Å². The SMILES string of the molecule is COc1cc(OC)c(C(=O)C=Cc2cccc([N+](=O)[O-])c2)c(OC)c1. The van der Waals surface area contributed by atoms with E-state index in [4.69, 9.17) is 14.2 Å². The second kappa shape index (κ2) is 7.96. The number of nitrogens with zero attached hydrogens (tertiary/aromatic N) is 1. The van der Waals surface area contributed by atoms with Crippen molar-refractivity contribution in [2.45, 2.75) is 0 Å². The minimum Gasteiger partial charge on any atom is -0.496 e. The molecule has 0 amide bonds. The number of ketones is 1. The van der Waals surface area contributed by atoms with Gasteiger partial charge in [-0.2, -0.15) is 0 Å². The number of rotatable bonds is 7. The maximum absolute atomic E-state index is 12.6. The molecule has 0 bridgehead atoms. The van der Waals surface area contributed by atoms with Crippen LogP contribution in [0.25, 0.3) is 6.08 Å². The lowest BCUT2D eigenvalue weighted by Gasteiger charge is -2.13. The average molecular weight is 343 g/mol. The van der Waals surface area contributed by atoms with Gasteiger partial charge in [0.05, 0.1) is 26.3 Å². The Balaban J connectivity index is 2.37. The molecule has 0 aromatic heterocycles. The number of hydrogen-bond donors (Lipinski definition) is 0. The number of carbonyl (C=O) groups is 1. The van der Waals surface area contributed by atoms with Crippen LogP contribution >= 0.6 is 0 Å². The Hall–Kier alpha value is -3.35. The Labute approximate surface area is 144 Å². The third-order valence-electron chi connectivity index (χ3n) is 3.47. The Morgan fingerprint density at radius 1 is 1.04 bits per heavy atom. The number of hydrogen-bond acceptors (Lipinski definition) is 6. The Bertz CT molecular complexity index is 803. The number of benzene rings is 2. The van der Waals surface area contributed by atoms with E-state index in [0.29, 0.717) is 22.8 Å². The predicted octanol–water partition coefficient (Wildman–Crippen LogP) is 3.52. The summed E-state index contributed by atoms with van der Waals surface area (Å²) in [7, 11) is 4.38. The molecule has 0 unspecified atom stereocenters. The molecule has 2 rings (SSSR count). The lowest BCUT2D eigenvalue weighted by atomic mass is 10.1. The van der Waals surface area contributed by atoms with E-state index in [2.05, 4.69) is 0 Å². The highest BCUT2D eigenvalue weighted by atomic mass is 16.6. The molecule has 7 nitrogen and oxygen atoms in total. The third kappa shape index (κ3) is 4.14. The maximum atomic E-state index is 12.6. The second-order valence-corrected chi connectivity index (χ2v) is 4.96. The molecule has 0 N–H and O–H groups in total. The van der Waals surface area contributed by atoms with Crippen molar-refractivity contribution in [2.24, 2.45) is 0 Å². The number of ether oxygens (including phenoxy) is 3. The van der Waals surface area contributed by atoms with Crippen LogP contribution < -0.4 is 14.2 Å². The van der Waals surface area contributed by atoms with Gasteiger partial charge in [0.2, 0.25) is 0 Å². The average Bonchev–Trinajstić information content (AvgIpc) is 2.64. The summed E-state index contributed by atoms with van der Waals surface area (Å²) in [5.41, 5.74) is 0.732. The van der Waals surface area contributed by atoms with Crippen LogP contribution in [0, 0.1) is 10.1 Å². The van der Waals surface area contributed by atoms with Crippen molar-refractivity contribution in [1.29, 1.82) is 0 Å².